The minimum Gasteiger partial charge on any atom is -0.414 e. The molecule has 1 N–H and O–H groups in total. The molecule has 284 valence electrons. The lowest BCUT2D eigenvalue weighted by Gasteiger charge is -2.37. The highest BCUT2D eigenvalue weighted by molar-refractivity contribution is 8.77. The third-order valence-electron chi connectivity index (χ3n) is 8.02. The number of aliphatic imine (C=N–C) groups is 1. The average molecular weight is 774 g/mol. The molecule has 2 aromatic rings. The second-order valence-corrected chi connectivity index (χ2v) is 22.3. The number of halogens is 3. The van der Waals surface area contributed by atoms with E-state index in [1.165, 1.54) is 27.9 Å². The van der Waals surface area contributed by atoms with Crippen molar-refractivity contribution in [2.45, 2.75) is 102 Å². The van der Waals surface area contributed by atoms with Gasteiger partial charge in [0.05, 0.1) is 29.6 Å². The number of rotatable bonds is 15. The summed E-state index contributed by atoms with van der Waals surface area (Å²) in [6.45, 7) is 18.5. The Kier molecular flexibility index (Phi) is 14.9. The van der Waals surface area contributed by atoms with Gasteiger partial charge in [0.2, 0.25) is 0 Å². The number of alkyl halides is 3. The lowest BCUT2D eigenvalue weighted by atomic mass is 10.2. The number of aromatic nitrogens is 3. The summed E-state index contributed by atoms with van der Waals surface area (Å²) in [6, 6.07) is 0. The molecule has 0 spiro atoms. The Morgan fingerprint density at radius 2 is 1.92 bits per heavy atom. The van der Waals surface area contributed by atoms with E-state index in [0.717, 1.165) is 5.71 Å². The zero-order valence-electron chi connectivity index (χ0n) is 31.2. The van der Waals surface area contributed by atoms with Crippen LogP contribution in [0.25, 0.3) is 11.0 Å². The number of carbonyl (C=O) groups is 1. The summed E-state index contributed by atoms with van der Waals surface area (Å²) in [7, 11) is 4.28. The van der Waals surface area contributed by atoms with Crippen LogP contribution in [0.15, 0.2) is 22.7 Å². The van der Waals surface area contributed by atoms with Crippen molar-refractivity contribution in [2.24, 2.45) is 10.1 Å². The lowest BCUT2D eigenvalue weighted by Crippen LogP contribution is -2.44. The van der Waals surface area contributed by atoms with Crippen LogP contribution in [0.5, 0.6) is 0 Å². The zero-order chi connectivity index (χ0) is 38.2. The molecule has 3 atom stereocenters. The third-order valence-corrected chi connectivity index (χ3v) is 15.5. The van der Waals surface area contributed by atoms with Crippen LogP contribution in [0.3, 0.4) is 0 Å². The lowest BCUT2D eigenvalue weighted by molar-refractivity contribution is -0.173. The summed E-state index contributed by atoms with van der Waals surface area (Å²) in [5, 5.41) is 6.85. The van der Waals surface area contributed by atoms with E-state index in [1.807, 2.05) is 44.0 Å². The van der Waals surface area contributed by atoms with Gasteiger partial charge in [-0.1, -0.05) is 59.4 Å². The SMILES string of the molecule is CC(C)=NOC1C[C@H](n2cc(C#CCOCSSC(C)(C)CNC(=O)C(F)(F)F)c3c(/N=C/N(C)C)ncnc32)O[C@@H]1CO[Si](C)(C)C(C)(C)C. The molecule has 0 radical (unpaired) electrons. The summed E-state index contributed by atoms with van der Waals surface area (Å²) in [5.41, 5.74) is 2.02. The fraction of sp³-hybridized carbons (Fsp3) is 0.667. The molecule has 0 aliphatic carbocycles. The van der Waals surface area contributed by atoms with Crippen molar-refractivity contribution in [1.82, 2.24) is 24.8 Å². The maximum absolute atomic E-state index is 12.5. The first-order chi connectivity index (χ1) is 23.6. The van der Waals surface area contributed by atoms with Gasteiger partial charge < -0.3 is 33.5 Å². The van der Waals surface area contributed by atoms with Crippen molar-refractivity contribution in [3.8, 4) is 11.8 Å². The van der Waals surface area contributed by atoms with E-state index in [1.54, 1.807) is 25.1 Å². The maximum atomic E-state index is 12.5. The largest absolute Gasteiger partial charge is 0.471 e. The van der Waals surface area contributed by atoms with E-state index in [2.05, 4.69) is 65.8 Å². The smallest absolute Gasteiger partial charge is 0.414 e. The summed E-state index contributed by atoms with van der Waals surface area (Å²) in [6.07, 6.45) is -0.629. The van der Waals surface area contributed by atoms with Crippen LogP contribution in [-0.2, 0) is 23.5 Å². The van der Waals surface area contributed by atoms with Gasteiger partial charge >= 0.3 is 12.1 Å². The minimum atomic E-state index is -4.92. The van der Waals surface area contributed by atoms with E-state index in [0.29, 0.717) is 35.4 Å². The number of hydrogen-bond acceptors (Lipinski definition) is 11. The predicted octanol–water partition coefficient (Wildman–Crippen LogP) is 6.91. The van der Waals surface area contributed by atoms with Gasteiger partial charge in [0, 0.05) is 38.0 Å². The Bertz CT molecular complexity index is 1610. The standard InChI is InChI=1S/C33H50F3N7O5S2Si/c1-22(2)41-48-24-15-26(47-25(24)17-46-51(10,11)31(3,4)5)43-16-23(27-28(40-20-42(8)9)38-19-39-29(27)43)13-12-14-45-21-49-50-32(6,7)18-37-30(44)33(34,35)36/h16,19-20,24-26H,14-15,17-18,21H2,1-11H3,(H,37,44)/b40-20+/t24?,25-,26-/m1/s1. The second kappa shape index (κ2) is 17.8. The maximum Gasteiger partial charge on any atom is 0.471 e. The molecular weight excluding hydrogens is 724 g/mol. The van der Waals surface area contributed by atoms with Crippen LogP contribution >= 0.6 is 21.6 Å². The molecule has 3 rings (SSSR count). The van der Waals surface area contributed by atoms with Crippen molar-refractivity contribution >= 4 is 64.7 Å². The molecule has 2 aromatic heterocycles. The Morgan fingerprint density at radius 3 is 2.55 bits per heavy atom. The van der Waals surface area contributed by atoms with Gasteiger partial charge in [0.15, 0.2) is 20.2 Å². The molecule has 1 saturated heterocycles. The van der Waals surface area contributed by atoms with Gasteiger partial charge in [0.25, 0.3) is 0 Å². The highest BCUT2D eigenvalue weighted by Crippen LogP contribution is 2.40. The number of fused-ring (bicyclic) bond motifs is 1. The molecule has 1 aliphatic rings. The van der Waals surface area contributed by atoms with Crippen LogP contribution in [-0.4, -0.2) is 109 Å². The molecule has 1 fully saturated rings. The van der Waals surface area contributed by atoms with Gasteiger partial charge in [-0.3, -0.25) is 4.79 Å². The average Bonchev–Trinajstić information content (AvgIpc) is 3.60. The Balaban J connectivity index is 1.80. The van der Waals surface area contributed by atoms with Crippen molar-refractivity contribution in [2.75, 3.05) is 39.8 Å². The topological polar surface area (TPSA) is 125 Å². The molecule has 3 heterocycles. The molecule has 0 saturated carbocycles. The van der Waals surface area contributed by atoms with Crippen LogP contribution in [0, 0.1) is 11.8 Å². The number of ether oxygens (including phenoxy) is 2. The Hall–Kier alpha value is -2.82. The van der Waals surface area contributed by atoms with E-state index in [9.17, 15) is 18.0 Å². The van der Waals surface area contributed by atoms with E-state index in [-0.39, 0.29) is 36.3 Å². The van der Waals surface area contributed by atoms with Crippen LogP contribution in [0.2, 0.25) is 18.1 Å². The van der Waals surface area contributed by atoms with Crippen LogP contribution in [0.1, 0.15) is 66.7 Å². The molecule has 1 unspecified atom stereocenters. The van der Waals surface area contributed by atoms with Crippen LogP contribution in [0.4, 0.5) is 19.0 Å². The van der Waals surface area contributed by atoms with Gasteiger partial charge in [-0.25, -0.2) is 15.0 Å². The number of hydrogen-bond donors (Lipinski definition) is 1. The summed E-state index contributed by atoms with van der Waals surface area (Å²) < 4.78 is 57.6. The monoisotopic (exact) mass is 773 g/mol. The molecular formula is C33H50F3N7O5S2Si. The van der Waals surface area contributed by atoms with Gasteiger partial charge in [-0.05, 0) is 45.8 Å². The zero-order valence-corrected chi connectivity index (χ0v) is 33.8. The molecule has 1 amide bonds. The molecule has 1 aliphatic heterocycles. The number of nitrogens with one attached hydrogen (secondary N) is 1. The normalized spacial score (nSPS) is 18.5. The number of nitrogens with zero attached hydrogens (tertiary/aromatic N) is 6. The van der Waals surface area contributed by atoms with E-state index in [4.69, 9.17) is 18.7 Å². The van der Waals surface area contributed by atoms with E-state index >= 15 is 0 Å². The molecule has 51 heavy (non-hydrogen) atoms. The van der Waals surface area contributed by atoms with Crippen LogP contribution < -0.4 is 5.32 Å². The molecule has 18 heteroatoms. The summed E-state index contributed by atoms with van der Waals surface area (Å²) in [4.78, 5) is 32.5. The Morgan fingerprint density at radius 1 is 1.22 bits per heavy atom. The second-order valence-electron chi connectivity index (χ2n) is 14.6. The molecule has 12 nitrogen and oxygen atoms in total. The first-order valence-corrected chi connectivity index (χ1v) is 21.6. The number of amides is 1. The van der Waals surface area contributed by atoms with Crippen molar-refractivity contribution in [3.63, 3.8) is 0 Å². The van der Waals surface area contributed by atoms with Gasteiger partial charge in [-0.15, -0.1) is 0 Å². The number of oxime groups is 1. The van der Waals surface area contributed by atoms with Crippen molar-refractivity contribution in [1.29, 1.82) is 0 Å². The first kappa shape index (κ1) is 42.6. The Labute approximate surface area is 307 Å². The minimum absolute atomic E-state index is 0.0285. The van der Waals surface area contributed by atoms with Gasteiger partial charge in [0.1, 0.15) is 36.9 Å². The quantitative estimate of drug-likeness (QED) is 0.0299. The third kappa shape index (κ3) is 12.7. The molecule has 0 bridgehead atoms. The number of carbonyl (C=O) groups excluding carboxylic acids is 1. The summed E-state index contributed by atoms with van der Waals surface area (Å²) in [5.74, 6) is 4.93. The molecule has 0 aromatic carbocycles. The predicted molar refractivity (Wildman–Crippen MR) is 201 cm³/mol. The highest BCUT2D eigenvalue weighted by atomic mass is 33.1. The van der Waals surface area contributed by atoms with Crippen molar-refractivity contribution in [3.05, 3.63) is 18.1 Å². The van der Waals surface area contributed by atoms with Crippen molar-refractivity contribution < 1.29 is 36.7 Å². The first-order valence-electron chi connectivity index (χ1n) is 16.4. The van der Waals surface area contributed by atoms with E-state index < -0.39 is 31.4 Å². The highest BCUT2D eigenvalue weighted by Gasteiger charge is 2.43. The van der Waals surface area contributed by atoms with Gasteiger partial charge in [-0.2, -0.15) is 13.2 Å². The fourth-order valence-corrected chi connectivity index (χ4v) is 7.47. The summed E-state index contributed by atoms with van der Waals surface area (Å²) >= 11 is 0. The fourth-order valence-electron chi connectivity index (χ4n) is 4.33.